The van der Waals surface area contributed by atoms with Crippen molar-refractivity contribution in [3.63, 3.8) is 0 Å². The van der Waals surface area contributed by atoms with Crippen molar-refractivity contribution in [1.82, 2.24) is 5.32 Å². The smallest absolute Gasteiger partial charge is 0.220 e. The van der Waals surface area contributed by atoms with Crippen molar-refractivity contribution in [2.45, 2.75) is 122 Å². The number of rotatable bonds is 22. The largest absolute Gasteiger partial charge is 0.394 e. The molecule has 0 rings (SSSR count). The maximum absolute atomic E-state index is 12.1. The zero-order valence-electron chi connectivity index (χ0n) is 21.4. The van der Waals surface area contributed by atoms with Gasteiger partial charge in [0.15, 0.2) is 0 Å². The topological polar surface area (TPSA) is 69.6 Å². The van der Waals surface area contributed by atoms with Gasteiger partial charge in [-0.1, -0.05) is 101 Å². The number of nitrogens with one attached hydrogen (secondary N) is 1. The number of unbranched alkanes of at least 4 members (excludes halogenated alkanes) is 9. The molecule has 3 N–H and O–H groups in total. The molecule has 0 saturated carbocycles. The average Bonchev–Trinajstić information content (AvgIpc) is 2.82. The van der Waals surface area contributed by atoms with E-state index in [9.17, 15) is 15.0 Å². The van der Waals surface area contributed by atoms with Gasteiger partial charge in [0.05, 0.1) is 18.8 Å². The summed E-state index contributed by atoms with van der Waals surface area (Å²) in [5, 5.41) is 22.5. The van der Waals surface area contributed by atoms with Crippen LogP contribution in [0.1, 0.15) is 110 Å². The van der Waals surface area contributed by atoms with Gasteiger partial charge in [0.1, 0.15) is 0 Å². The molecule has 0 saturated heterocycles. The fourth-order valence-electron chi connectivity index (χ4n) is 3.48. The van der Waals surface area contributed by atoms with Gasteiger partial charge in [-0.2, -0.15) is 0 Å². The minimum Gasteiger partial charge on any atom is -0.394 e. The second kappa shape index (κ2) is 25.0. The molecular weight excluding hydrogens is 410 g/mol. The fraction of sp³-hybridized carbons (Fsp3) is 0.690. The standard InChI is InChI=1S/C29H51NO3/c1-3-5-7-9-11-13-14-15-16-17-19-21-23-25-29(33)30-27(26-31)28(32)24-22-20-18-12-10-8-6-4-2/h5,7,11,13,15-16,22,24,27-28,31-32H,3-4,6,8-10,12,14,17-21,23,25-26H2,1-2H3,(H,30,33)/b7-5-,13-11-,16-15-,24-22+. The molecule has 0 radical (unpaired) electrons. The van der Waals surface area contributed by atoms with Gasteiger partial charge in [-0.3, -0.25) is 4.79 Å². The number of aliphatic hydroxyl groups excluding tert-OH is 2. The SMILES string of the molecule is CC/C=C\C/C=C\C/C=C\CCCCCC(=O)NC(CO)C(O)/C=C/CCCCCCCC. The van der Waals surface area contributed by atoms with E-state index in [4.69, 9.17) is 0 Å². The van der Waals surface area contributed by atoms with Crippen LogP contribution in [-0.4, -0.2) is 34.9 Å². The highest BCUT2D eigenvalue weighted by Crippen LogP contribution is 2.08. The second-order valence-electron chi connectivity index (χ2n) is 8.72. The summed E-state index contributed by atoms with van der Waals surface area (Å²) in [6.45, 7) is 4.10. The van der Waals surface area contributed by atoms with Gasteiger partial charge in [-0.15, -0.1) is 0 Å². The van der Waals surface area contributed by atoms with Crippen LogP contribution in [0, 0.1) is 0 Å². The number of carbonyl (C=O) groups is 1. The Morgan fingerprint density at radius 1 is 0.758 bits per heavy atom. The number of hydrogen-bond acceptors (Lipinski definition) is 3. The van der Waals surface area contributed by atoms with Gasteiger partial charge >= 0.3 is 0 Å². The van der Waals surface area contributed by atoms with Crippen LogP contribution in [0.15, 0.2) is 48.6 Å². The highest BCUT2D eigenvalue weighted by Gasteiger charge is 2.17. The molecule has 4 nitrogen and oxygen atoms in total. The van der Waals surface area contributed by atoms with Crippen LogP contribution in [0.2, 0.25) is 0 Å². The van der Waals surface area contributed by atoms with Crippen molar-refractivity contribution in [3.8, 4) is 0 Å². The maximum Gasteiger partial charge on any atom is 0.220 e. The Morgan fingerprint density at radius 3 is 2.00 bits per heavy atom. The molecule has 0 aromatic rings. The number of allylic oxidation sites excluding steroid dienone is 7. The predicted octanol–water partition coefficient (Wildman–Crippen LogP) is 6.94. The summed E-state index contributed by atoms with van der Waals surface area (Å²) in [5.41, 5.74) is 0. The van der Waals surface area contributed by atoms with Crippen LogP contribution in [0.5, 0.6) is 0 Å². The summed E-state index contributed by atoms with van der Waals surface area (Å²) < 4.78 is 0. The average molecular weight is 462 g/mol. The quantitative estimate of drug-likeness (QED) is 0.121. The molecule has 33 heavy (non-hydrogen) atoms. The van der Waals surface area contributed by atoms with Crippen molar-refractivity contribution in [3.05, 3.63) is 48.6 Å². The van der Waals surface area contributed by atoms with Gasteiger partial charge in [0, 0.05) is 6.42 Å². The molecule has 0 aliphatic carbocycles. The van der Waals surface area contributed by atoms with E-state index < -0.39 is 12.1 Å². The lowest BCUT2D eigenvalue weighted by atomic mass is 10.1. The molecule has 0 bridgehead atoms. The molecule has 1 amide bonds. The molecule has 190 valence electrons. The van der Waals surface area contributed by atoms with Gasteiger partial charge in [0.2, 0.25) is 5.91 Å². The lowest BCUT2D eigenvalue weighted by Gasteiger charge is -2.19. The third-order valence-corrected chi connectivity index (χ3v) is 5.57. The molecule has 0 aromatic heterocycles. The van der Waals surface area contributed by atoms with E-state index in [1.807, 2.05) is 6.08 Å². The van der Waals surface area contributed by atoms with Crippen LogP contribution < -0.4 is 5.32 Å². The maximum atomic E-state index is 12.1. The molecule has 2 atom stereocenters. The third kappa shape index (κ3) is 21.9. The minimum absolute atomic E-state index is 0.102. The first-order valence-corrected chi connectivity index (χ1v) is 13.4. The summed E-state index contributed by atoms with van der Waals surface area (Å²) in [5.74, 6) is -0.102. The monoisotopic (exact) mass is 461 g/mol. The van der Waals surface area contributed by atoms with Crippen molar-refractivity contribution >= 4 is 5.91 Å². The first-order chi connectivity index (χ1) is 16.2. The van der Waals surface area contributed by atoms with Crippen molar-refractivity contribution < 1.29 is 15.0 Å². The van der Waals surface area contributed by atoms with Gasteiger partial charge in [-0.05, 0) is 51.4 Å². The number of amides is 1. The number of hydrogen-bond donors (Lipinski definition) is 3. The predicted molar refractivity (Wildman–Crippen MR) is 142 cm³/mol. The summed E-state index contributed by atoms with van der Waals surface area (Å²) in [4.78, 5) is 12.1. The Morgan fingerprint density at radius 2 is 1.33 bits per heavy atom. The molecule has 0 aliphatic heterocycles. The summed E-state index contributed by atoms with van der Waals surface area (Å²) in [6, 6.07) is -0.633. The van der Waals surface area contributed by atoms with Gasteiger partial charge in [0.25, 0.3) is 0 Å². The van der Waals surface area contributed by atoms with Crippen LogP contribution in [-0.2, 0) is 4.79 Å². The summed E-state index contributed by atoms with van der Waals surface area (Å²) in [6.07, 6.45) is 31.8. The Labute approximate surface area is 203 Å². The van der Waals surface area contributed by atoms with E-state index in [-0.39, 0.29) is 12.5 Å². The van der Waals surface area contributed by atoms with Crippen LogP contribution >= 0.6 is 0 Å². The highest BCUT2D eigenvalue weighted by atomic mass is 16.3. The van der Waals surface area contributed by atoms with E-state index >= 15 is 0 Å². The molecule has 0 fully saturated rings. The van der Waals surface area contributed by atoms with Gasteiger partial charge < -0.3 is 15.5 Å². The zero-order chi connectivity index (χ0) is 24.4. The molecule has 0 heterocycles. The van der Waals surface area contributed by atoms with E-state index in [0.29, 0.717) is 6.42 Å². The first-order valence-electron chi connectivity index (χ1n) is 13.4. The molecular formula is C29H51NO3. The number of aliphatic hydroxyl groups is 2. The zero-order valence-corrected chi connectivity index (χ0v) is 21.4. The fourth-order valence-corrected chi connectivity index (χ4v) is 3.48. The first kappa shape index (κ1) is 31.4. The normalized spacial score (nSPS) is 14.2. The summed E-state index contributed by atoms with van der Waals surface area (Å²) >= 11 is 0. The van der Waals surface area contributed by atoms with Crippen LogP contribution in [0.3, 0.4) is 0 Å². The Hall–Kier alpha value is -1.65. The molecule has 0 spiro atoms. The van der Waals surface area contributed by atoms with E-state index in [1.54, 1.807) is 6.08 Å². The molecule has 0 aliphatic rings. The third-order valence-electron chi connectivity index (χ3n) is 5.57. The Bertz CT molecular complexity index is 551. The molecule has 2 unspecified atom stereocenters. The van der Waals surface area contributed by atoms with Crippen molar-refractivity contribution in [1.29, 1.82) is 0 Å². The van der Waals surface area contributed by atoms with E-state index in [2.05, 4.69) is 55.6 Å². The highest BCUT2D eigenvalue weighted by molar-refractivity contribution is 5.76. The van der Waals surface area contributed by atoms with Crippen molar-refractivity contribution in [2.24, 2.45) is 0 Å². The minimum atomic E-state index is -0.846. The van der Waals surface area contributed by atoms with Crippen LogP contribution in [0.4, 0.5) is 0 Å². The van der Waals surface area contributed by atoms with Crippen molar-refractivity contribution in [2.75, 3.05) is 6.61 Å². The van der Waals surface area contributed by atoms with E-state index in [0.717, 1.165) is 57.8 Å². The lowest BCUT2D eigenvalue weighted by Crippen LogP contribution is -2.45. The van der Waals surface area contributed by atoms with Gasteiger partial charge in [-0.25, -0.2) is 0 Å². The Kier molecular flexibility index (Phi) is 23.7. The lowest BCUT2D eigenvalue weighted by molar-refractivity contribution is -0.123. The number of carbonyl (C=O) groups excluding carboxylic acids is 1. The molecule has 0 aromatic carbocycles. The molecule has 4 heteroatoms. The second-order valence-corrected chi connectivity index (χ2v) is 8.72. The summed E-state index contributed by atoms with van der Waals surface area (Å²) in [7, 11) is 0. The van der Waals surface area contributed by atoms with Crippen LogP contribution in [0.25, 0.3) is 0 Å². The van der Waals surface area contributed by atoms with E-state index in [1.165, 1.54) is 32.1 Å². The Balaban J connectivity index is 3.82.